The van der Waals surface area contributed by atoms with Gasteiger partial charge in [0.2, 0.25) is 0 Å². The molecule has 14 nitrogen and oxygen atoms in total. The molecule has 1 saturated heterocycles. The number of piperazine rings is 1. The number of nitrogens with one attached hydrogen (secondary N) is 1. The number of methoxy groups -OCH3 is 1. The number of carbonyl (C=O) groups is 2. The molecule has 1 aromatic carbocycles. The van der Waals surface area contributed by atoms with E-state index < -0.39 is 11.7 Å². The summed E-state index contributed by atoms with van der Waals surface area (Å²) in [6, 6.07) is 9.66. The zero-order valence-electron chi connectivity index (χ0n) is 21.4. The minimum atomic E-state index is -0.623. The minimum absolute atomic E-state index is 0.217. The normalized spacial score (nSPS) is 13.7. The fraction of sp³-hybridized carbons (Fsp3) is 0.280. The van der Waals surface area contributed by atoms with Crippen molar-refractivity contribution in [2.45, 2.75) is 13.3 Å². The Kier molecular flexibility index (Phi) is 6.19. The summed E-state index contributed by atoms with van der Waals surface area (Å²) < 4.78 is 7.03. The van der Waals surface area contributed by atoms with Crippen molar-refractivity contribution in [2.24, 2.45) is 0 Å². The SMILES string of the molecule is CCc1ncn(-c2ncc(OC)c3c(C(=O)C(=O)N4CCN(n5cnn[n+]5-c5ccccc5)CC4)c[nH]c23)n1. The molecule has 0 aliphatic carbocycles. The molecule has 1 aliphatic heterocycles. The Hall–Kier alpha value is -5.14. The number of aryl methyl sites for hydroxylation is 1. The molecule has 14 heteroatoms. The van der Waals surface area contributed by atoms with Crippen LogP contribution in [-0.2, 0) is 11.2 Å². The first-order valence-corrected chi connectivity index (χ1v) is 12.5. The zero-order valence-corrected chi connectivity index (χ0v) is 21.4. The van der Waals surface area contributed by atoms with Crippen molar-refractivity contribution in [3.63, 3.8) is 0 Å². The summed E-state index contributed by atoms with van der Waals surface area (Å²) in [6.45, 7) is 3.69. The van der Waals surface area contributed by atoms with Crippen molar-refractivity contribution >= 4 is 22.6 Å². The molecule has 0 unspecified atom stereocenters. The third-order valence-electron chi connectivity index (χ3n) is 6.69. The highest BCUT2D eigenvalue weighted by Crippen LogP contribution is 2.31. The Bertz CT molecular complexity index is 1650. The number of para-hydroxylation sites is 1. The number of amides is 1. The number of H-pyrrole nitrogens is 1. The molecular formula is C25H26N11O3+. The third kappa shape index (κ3) is 4.24. The maximum Gasteiger partial charge on any atom is 0.295 e. The van der Waals surface area contributed by atoms with Crippen LogP contribution in [0.5, 0.6) is 5.75 Å². The van der Waals surface area contributed by atoms with Crippen LogP contribution in [0.4, 0.5) is 0 Å². The minimum Gasteiger partial charge on any atom is -0.494 e. The molecule has 4 aromatic heterocycles. The van der Waals surface area contributed by atoms with E-state index in [1.807, 2.05) is 47.1 Å². The maximum absolute atomic E-state index is 13.5. The largest absolute Gasteiger partial charge is 0.494 e. The van der Waals surface area contributed by atoms with Gasteiger partial charge >= 0.3 is 0 Å². The second kappa shape index (κ2) is 9.96. The number of fused-ring (bicyclic) bond motifs is 1. The molecule has 1 N–H and O–H groups in total. The van der Waals surface area contributed by atoms with Crippen LogP contribution in [0, 0.1) is 0 Å². The number of Topliss-reactive ketones (excluding diaryl/α,β-unsaturated/α-hetero) is 1. The topological polar surface area (TPSA) is 144 Å². The Morgan fingerprint density at radius 2 is 1.87 bits per heavy atom. The number of carbonyl (C=O) groups excluding carboxylic acids is 2. The van der Waals surface area contributed by atoms with Gasteiger partial charge in [-0.1, -0.05) is 25.1 Å². The summed E-state index contributed by atoms with van der Waals surface area (Å²) in [5.41, 5.74) is 1.61. The van der Waals surface area contributed by atoms with Crippen molar-refractivity contribution in [3.05, 3.63) is 66.8 Å². The molecule has 198 valence electrons. The van der Waals surface area contributed by atoms with Crippen molar-refractivity contribution in [1.29, 1.82) is 0 Å². The van der Waals surface area contributed by atoms with Gasteiger partial charge in [0.1, 0.15) is 25.2 Å². The Labute approximate surface area is 222 Å². The van der Waals surface area contributed by atoms with Crippen molar-refractivity contribution < 1.29 is 19.1 Å². The lowest BCUT2D eigenvalue weighted by atomic mass is 10.1. The number of rotatable bonds is 7. The Balaban J connectivity index is 1.22. The second-order valence-corrected chi connectivity index (χ2v) is 8.90. The standard InChI is InChI=1S/C25H25N11O3/c1-3-20-28-15-34(30-20)24-22-21(19(39-2)14-27-24)18(13-26-22)23(37)25(38)32-9-11-33(12-10-32)35-16-29-31-36(35)17-7-5-4-6-8-17/h4-8,13-16H,3,9-12H2,1-2H3/p+1. The van der Waals surface area contributed by atoms with Crippen LogP contribution in [0.2, 0.25) is 0 Å². The van der Waals surface area contributed by atoms with Crippen LogP contribution < -0.4 is 14.5 Å². The van der Waals surface area contributed by atoms with E-state index in [9.17, 15) is 9.59 Å². The van der Waals surface area contributed by atoms with E-state index in [2.05, 4.69) is 30.4 Å². The first kappa shape index (κ1) is 24.2. The highest BCUT2D eigenvalue weighted by Gasteiger charge is 2.32. The lowest BCUT2D eigenvalue weighted by Gasteiger charge is -2.31. The van der Waals surface area contributed by atoms with Gasteiger partial charge in [-0.05, 0) is 21.7 Å². The van der Waals surface area contributed by atoms with Crippen molar-refractivity contribution in [1.82, 2.24) is 44.7 Å². The van der Waals surface area contributed by atoms with E-state index in [0.29, 0.717) is 60.9 Å². The monoisotopic (exact) mass is 528 g/mol. The van der Waals surface area contributed by atoms with E-state index >= 15 is 0 Å². The highest BCUT2D eigenvalue weighted by molar-refractivity contribution is 6.45. The van der Waals surface area contributed by atoms with Crippen LogP contribution in [0.1, 0.15) is 23.1 Å². The number of hydrogen-bond donors (Lipinski definition) is 1. The molecular weight excluding hydrogens is 502 g/mol. The molecule has 1 aliphatic rings. The molecule has 0 atom stereocenters. The second-order valence-electron chi connectivity index (χ2n) is 8.90. The van der Waals surface area contributed by atoms with Crippen LogP contribution in [0.15, 0.2) is 55.4 Å². The quantitative estimate of drug-likeness (QED) is 0.179. The lowest BCUT2D eigenvalue weighted by molar-refractivity contribution is -0.743. The van der Waals surface area contributed by atoms with Gasteiger partial charge in [0.25, 0.3) is 18.0 Å². The predicted octanol–water partition coefficient (Wildman–Crippen LogP) is 0.246. The fourth-order valence-electron chi connectivity index (χ4n) is 4.67. The molecule has 0 spiro atoms. The van der Waals surface area contributed by atoms with Gasteiger partial charge in [-0.25, -0.2) is 19.7 Å². The van der Waals surface area contributed by atoms with Gasteiger partial charge in [0.05, 0.1) is 48.1 Å². The Morgan fingerprint density at radius 1 is 1.08 bits per heavy atom. The summed E-state index contributed by atoms with van der Waals surface area (Å²) in [6.07, 6.45) is 6.90. The molecule has 1 fully saturated rings. The average molecular weight is 529 g/mol. The molecule has 0 bridgehead atoms. The highest BCUT2D eigenvalue weighted by atomic mass is 16.5. The van der Waals surface area contributed by atoms with Gasteiger partial charge in [-0.2, -0.15) is 0 Å². The fourth-order valence-corrected chi connectivity index (χ4v) is 4.67. The number of nitrogens with zero attached hydrogens (tertiary/aromatic N) is 10. The number of hydrogen-bond acceptors (Lipinski definition) is 9. The number of aromatic nitrogens is 9. The van der Waals surface area contributed by atoms with Crippen LogP contribution in [0.3, 0.4) is 0 Å². The van der Waals surface area contributed by atoms with Crippen molar-refractivity contribution in [3.8, 4) is 17.3 Å². The molecule has 5 aromatic rings. The summed E-state index contributed by atoms with van der Waals surface area (Å²) in [5.74, 6) is 0.300. The van der Waals surface area contributed by atoms with E-state index in [4.69, 9.17) is 4.74 Å². The Morgan fingerprint density at radius 3 is 2.59 bits per heavy atom. The predicted molar refractivity (Wildman–Crippen MR) is 137 cm³/mol. The number of ether oxygens (including phenoxy) is 1. The van der Waals surface area contributed by atoms with Gasteiger partial charge < -0.3 is 14.6 Å². The van der Waals surface area contributed by atoms with Gasteiger partial charge in [-0.15, -0.1) is 5.10 Å². The number of aromatic amines is 1. The molecule has 1 amide bonds. The number of pyridine rings is 1. The third-order valence-corrected chi connectivity index (χ3v) is 6.69. The van der Waals surface area contributed by atoms with Crippen molar-refractivity contribution in [2.75, 3.05) is 38.3 Å². The van der Waals surface area contributed by atoms with Gasteiger partial charge in [0.15, 0.2) is 17.3 Å². The smallest absolute Gasteiger partial charge is 0.295 e. The van der Waals surface area contributed by atoms with E-state index in [-0.39, 0.29) is 5.56 Å². The maximum atomic E-state index is 13.5. The average Bonchev–Trinajstić information content (AvgIpc) is 3.76. The van der Waals surface area contributed by atoms with E-state index in [0.717, 1.165) is 5.69 Å². The molecule has 5 heterocycles. The van der Waals surface area contributed by atoms with Gasteiger partial charge in [0, 0.05) is 17.7 Å². The first-order valence-electron chi connectivity index (χ1n) is 12.5. The van der Waals surface area contributed by atoms with E-state index in [1.165, 1.54) is 19.5 Å². The van der Waals surface area contributed by atoms with Crippen LogP contribution >= 0.6 is 0 Å². The number of ketones is 1. The van der Waals surface area contributed by atoms with Gasteiger partial charge in [-0.3, -0.25) is 9.59 Å². The summed E-state index contributed by atoms with van der Waals surface area (Å²) in [4.78, 5) is 43.7. The molecule has 0 radical (unpaired) electrons. The zero-order chi connectivity index (χ0) is 26.9. The first-order chi connectivity index (χ1) is 19.1. The molecule has 0 saturated carbocycles. The van der Waals surface area contributed by atoms with E-state index in [1.54, 1.807) is 27.0 Å². The summed E-state index contributed by atoms with van der Waals surface area (Å²) in [7, 11) is 1.50. The summed E-state index contributed by atoms with van der Waals surface area (Å²) in [5, 5.41) is 15.1. The number of tetrazole rings is 1. The number of benzene rings is 1. The molecule has 39 heavy (non-hydrogen) atoms. The molecule has 6 rings (SSSR count). The summed E-state index contributed by atoms with van der Waals surface area (Å²) >= 11 is 0. The van der Waals surface area contributed by atoms with Crippen LogP contribution in [0.25, 0.3) is 22.4 Å². The van der Waals surface area contributed by atoms with Crippen LogP contribution in [-0.4, -0.2) is 89.7 Å². The lowest BCUT2D eigenvalue weighted by Crippen LogP contribution is -2.60.